The zero-order valence-corrected chi connectivity index (χ0v) is 12.8. The highest BCUT2D eigenvalue weighted by Crippen LogP contribution is 2.21. The van der Waals surface area contributed by atoms with E-state index in [1.54, 1.807) is 0 Å². The van der Waals surface area contributed by atoms with Gasteiger partial charge in [0.1, 0.15) is 0 Å². The second-order valence-electron chi connectivity index (χ2n) is 6.97. The molecule has 0 aromatic carbocycles. The predicted molar refractivity (Wildman–Crippen MR) is 75.1 cm³/mol. The Bertz CT molecular complexity index is 369. The van der Waals surface area contributed by atoms with E-state index < -0.39 is 8.07 Å². The summed E-state index contributed by atoms with van der Waals surface area (Å²) in [5, 5.41) is 1.52. The van der Waals surface area contributed by atoms with Crippen molar-refractivity contribution in [1.82, 2.24) is 4.98 Å². The highest BCUT2D eigenvalue weighted by atomic mass is 28.3. The number of aryl methyl sites for hydroxylation is 1. The van der Waals surface area contributed by atoms with Gasteiger partial charge in [0.2, 0.25) is 0 Å². The molecule has 0 aliphatic heterocycles. The van der Waals surface area contributed by atoms with E-state index in [1.807, 2.05) is 0 Å². The van der Waals surface area contributed by atoms with Gasteiger partial charge in [-0.15, -0.1) is 0 Å². The van der Waals surface area contributed by atoms with E-state index in [9.17, 15) is 0 Å². The standard InChI is InChI=1S/C14H25NSi/c1-11-8-12(9-14(2,3)4)13(10-15-11)16(5,6)7/h8,10H,9H2,1-7H3. The van der Waals surface area contributed by atoms with E-state index in [0.717, 1.165) is 12.1 Å². The van der Waals surface area contributed by atoms with Crippen LogP contribution in [0.4, 0.5) is 0 Å². The first kappa shape index (κ1) is 13.4. The van der Waals surface area contributed by atoms with Gasteiger partial charge in [0, 0.05) is 11.9 Å². The molecule has 0 spiro atoms. The van der Waals surface area contributed by atoms with Crippen LogP contribution < -0.4 is 5.19 Å². The monoisotopic (exact) mass is 235 g/mol. The summed E-state index contributed by atoms with van der Waals surface area (Å²) in [6.45, 7) is 16.2. The van der Waals surface area contributed by atoms with Crippen LogP contribution in [0.1, 0.15) is 32.0 Å². The van der Waals surface area contributed by atoms with Crippen molar-refractivity contribution in [2.45, 2.75) is 53.8 Å². The highest BCUT2D eigenvalue weighted by molar-refractivity contribution is 6.89. The van der Waals surface area contributed by atoms with Crippen molar-refractivity contribution < 1.29 is 0 Å². The summed E-state index contributed by atoms with van der Waals surface area (Å²) in [7, 11) is -1.26. The Morgan fingerprint density at radius 1 is 1.19 bits per heavy atom. The molecule has 90 valence electrons. The Morgan fingerprint density at radius 2 is 1.75 bits per heavy atom. The van der Waals surface area contributed by atoms with Crippen molar-refractivity contribution in [2.75, 3.05) is 0 Å². The van der Waals surface area contributed by atoms with Crippen molar-refractivity contribution in [3.05, 3.63) is 23.5 Å². The van der Waals surface area contributed by atoms with Crippen LogP contribution in [0.15, 0.2) is 12.3 Å². The molecular formula is C14H25NSi. The summed E-state index contributed by atoms with van der Waals surface area (Å²) >= 11 is 0. The van der Waals surface area contributed by atoms with E-state index in [4.69, 9.17) is 0 Å². The number of hydrogen-bond donors (Lipinski definition) is 0. The molecule has 0 N–H and O–H groups in total. The van der Waals surface area contributed by atoms with Gasteiger partial charge < -0.3 is 0 Å². The third-order valence-corrected chi connectivity index (χ3v) is 4.72. The Morgan fingerprint density at radius 3 is 2.19 bits per heavy atom. The molecule has 0 bridgehead atoms. The number of nitrogens with zero attached hydrogens (tertiary/aromatic N) is 1. The molecule has 0 fully saturated rings. The quantitative estimate of drug-likeness (QED) is 0.715. The molecule has 2 heteroatoms. The zero-order chi connectivity index (χ0) is 12.6. The van der Waals surface area contributed by atoms with Gasteiger partial charge >= 0.3 is 0 Å². The molecule has 0 aliphatic rings. The zero-order valence-electron chi connectivity index (χ0n) is 11.8. The molecule has 0 aliphatic carbocycles. The average Bonchev–Trinajstić information content (AvgIpc) is 1.97. The normalized spacial score (nSPS) is 12.9. The van der Waals surface area contributed by atoms with E-state index >= 15 is 0 Å². The summed E-state index contributed by atoms with van der Waals surface area (Å²) in [6.07, 6.45) is 3.26. The third-order valence-electron chi connectivity index (χ3n) is 2.66. The molecule has 1 rings (SSSR count). The van der Waals surface area contributed by atoms with Gasteiger partial charge in [0.05, 0.1) is 8.07 Å². The first-order chi connectivity index (χ1) is 7.09. The topological polar surface area (TPSA) is 12.9 Å². The number of pyridine rings is 1. The maximum atomic E-state index is 4.47. The van der Waals surface area contributed by atoms with Crippen LogP contribution in [0.25, 0.3) is 0 Å². The fraction of sp³-hybridized carbons (Fsp3) is 0.643. The van der Waals surface area contributed by atoms with Crippen LogP contribution in [0.2, 0.25) is 19.6 Å². The minimum absolute atomic E-state index is 0.349. The maximum Gasteiger partial charge on any atom is 0.0799 e. The smallest absolute Gasteiger partial charge is 0.0799 e. The summed E-state index contributed by atoms with van der Waals surface area (Å²) < 4.78 is 0. The van der Waals surface area contributed by atoms with Crippen molar-refractivity contribution in [1.29, 1.82) is 0 Å². The van der Waals surface area contributed by atoms with Gasteiger partial charge in [-0.05, 0) is 35.6 Å². The fourth-order valence-electron chi connectivity index (χ4n) is 2.01. The van der Waals surface area contributed by atoms with Gasteiger partial charge in [0.25, 0.3) is 0 Å². The van der Waals surface area contributed by atoms with Crippen molar-refractivity contribution >= 4 is 13.3 Å². The lowest BCUT2D eigenvalue weighted by molar-refractivity contribution is 0.412. The molecule has 0 unspecified atom stereocenters. The van der Waals surface area contributed by atoms with Crippen molar-refractivity contribution in [3.8, 4) is 0 Å². The molecule has 0 radical (unpaired) electrons. The number of hydrogen-bond acceptors (Lipinski definition) is 1. The van der Waals surface area contributed by atoms with E-state index in [0.29, 0.717) is 5.41 Å². The molecule has 1 aromatic rings. The van der Waals surface area contributed by atoms with Gasteiger partial charge in [-0.3, -0.25) is 4.98 Å². The lowest BCUT2D eigenvalue weighted by atomic mass is 9.88. The maximum absolute atomic E-state index is 4.47. The summed E-state index contributed by atoms with van der Waals surface area (Å²) in [5.41, 5.74) is 3.00. The van der Waals surface area contributed by atoms with E-state index in [-0.39, 0.29) is 0 Å². The Kier molecular flexibility index (Phi) is 3.63. The van der Waals surface area contributed by atoms with Gasteiger partial charge in [-0.1, -0.05) is 40.4 Å². The molecular weight excluding hydrogens is 210 g/mol. The number of aromatic nitrogens is 1. The average molecular weight is 235 g/mol. The summed E-state index contributed by atoms with van der Waals surface area (Å²) in [6, 6.07) is 2.28. The molecule has 1 nitrogen and oxygen atoms in total. The number of rotatable bonds is 2. The fourth-order valence-corrected chi connectivity index (χ4v) is 3.59. The van der Waals surface area contributed by atoms with Gasteiger partial charge in [-0.2, -0.15) is 0 Å². The Hall–Kier alpha value is -0.633. The van der Waals surface area contributed by atoms with Crippen molar-refractivity contribution in [3.63, 3.8) is 0 Å². The van der Waals surface area contributed by atoms with Crippen LogP contribution in [0.5, 0.6) is 0 Å². The predicted octanol–water partition coefficient (Wildman–Crippen LogP) is 3.52. The summed E-state index contributed by atoms with van der Waals surface area (Å²) in [4.78, 5) is 4.47. The molecule has 0 amide bonds. The molecule has 1 aromatic heterocycles. The molecule has 0 saturated heterocycles. The molecule has 0 saturated carbocycles. The van der Waals surface area contributed by atoms with Crippen LogP contribution in [-0.4, -0.2) is 13.1 Å². The van der Waals surface area contributed by atoms with Crippen LogP contribution >= 0.6 is 0 Å². The minimum Gasteiger partial charge on any atom is -0.262 e. The van der Waals surface area contributed by atoms with E-state index in [1.165, 1.54) is 10.8 Å². The van der Waals surface area contributed by atoms with Gasteiger partial charge in [0.15, 0.2) is 0 Å². The molecule has 16 heavy (non-hydrogen) atoms. The lowest BCUT2D eigenvalue weighted by Crippen LogP contribution is -2.41. The van der Waals surface area contributed by atoms with Crippen LogP contribution in [-0.2, 0) is 6.42 Å². The Balaban J connectivity index is 3.19. The second-order valence-corrected chi connectivity index (χ2v) is 12.0. The highest BCUT2D eigenvalue weighted by Gasteiger charge is 2.23. The SMILES string of the molecule is Cc1cc(CC(C)(C)C)c([Si](C)(C)C)cn1. The third kappa shape index (κ3) is 3.74. The molecule has 0 atom stereocenters. The second kappa shape index (κ2) is 4.32. The summed E-state index contributed by atoms with van der Waals surface area (Å²) in [5.74, 6) is 0. The first-order valence-corrected chi connectivity index (χ1v) is 9.55. The van der Waals surface area contributed by atoms with E-state index in [2.05, 4.69) is 64.6 Å². The molecule has 1 heterocycles. The largest absolute Gasteiger partial charge is 0.262 e. The van der Waals surface area contributed by atoms with Crippen LogP contribution in [0, 0.1) is 12.3 Å². The van der Waals surface area contributed by atoms with Gasteiger partial charge in [-0.25, -0.2) is 0 Å². The first-order valence-electron chi connectivity index (χ1n) is 6.05. The van der Waals surface area contributed by atoms with Crippen LogP contribution in [0.3, 0.4) is 0 Å². The lowest BCUT2D eigenvalue weighted by Gasteiger charge is -2.25. The van der Waals surface area contributed by atoms with Crippen molar-refractivity contribution in [2.24, 2.45) is 5.41 Å². The Labute approximate surface area is 101 Å². The minimum atomic E-state index is -1.26.